The lowest BCUT2D eigenvalue weighted by Crippen LogP contribution is -2.39. The second-order valence-corrected chi connectivity index (χ2v) is 7.28. The Balaban J connectivity index is 0.00000280. The lowest BCUT2D eigenvalue weighted by atomic mass is 9.89. The molecule has 0 radical (unpaired) electrons. The maximum Gasteiger partial charge on any atom is 0.416 e. The van der Waals surface area contributed by atoms with E-state index in [9.17, 15) is 18.0 Å². The molecule has 2 heterocycles. The van der Waals surface area contributed by atoms with Gasteiger partial charge in [-0.3, -0.25) is 4.79 Å². The van der Waals surface area contributed by atoms with Crippen molar-refractivity contribution in [3.8, 4) is 5.75 Å². The summed E-state index contributed by atoms with van der Waals surface area (Å²) in [6.07, 6.45) is -0.0452. The molecule has 2 bridgehead atoms. The average molecular weight is 423 g/mol. The van der Waals surface area contributed by atoms with E-state index in [2.05, 4.69) is 10.6 Å². The van der Waals surface area contributed by atoms with E-state index in [0.29, 0.717) is 25.1 Å². The minimum Gasteiger partial charge on any atom is -0.489 e. The summed E-state index contributed by atoms with van der Waals surface area (Å²) in [5, 5.41) is 6.14. The summed E-state index contributed by atoms with van der Waals surface area (Å²) in [6, 6.07) is 4.03. The number of hydrogen-bond donors (Lipinski definition) is 2. The summed E-state index contributed by atoms with van der Waals surface area (Å²) >= 11 is 0. The zero-order valence-corrected chi connectivity index (χ0v) is 16.5. The minimum absolute atomic E-state index is 0. The lowest BCUT2D eigenvalue weighted by Gasteiger charge is -2.28. The molecule has 1 amide bonds. The Morgan fingerprint density at radius 3 is 2.50 bits per heavy atom. The predicted molar refractivity (Wildman–Crippen MR) is 102 cm³/mol. The quantitative estimate of drug-likeness (QED) is 0.652. The van der Waals surface area contributed by atoms with E-state index in [0.717, 1.165) is 37.8 Å². The molecule has 2 aliphatic heterocycles. The van der Waals surface area contributed by atoms with E-state index in [-0.39, 0.29) is 42.3 Å². The fourth-order valence-electron chi connectivity index (χ4n) is 3.97. The molecule has 5 nitrogen and oxygen atoms in total. The monoisotopic (exact) mass is 422 g/mol. The van der Waals surface area contributed by atoms with Crippen LogP contribution in [0.3, 0.4) is 0 Å². The maximum absolute atomic E-state index is 13.0. The molecule has 2 saturated heterocycles. The second kappa shape index (κ2) is 9.80. The Morgan fingerprint density at radius 1 is 1.21 bits per heavy atom. The molecule has 0 aromatic heterocycles. The number of halogens is 4. The number of fused-ring (bicyclic) bond motifs is 2. The number of rotatable bonds is 7. The van der Waals surface area contributed by atoms with Crippen LogP contribution in [0.5, 0.6) is 5.75 Å². The van der Waals surface area contributed by atoms with Gasteiger partial charge in [0, 0.05) is 25.6 Å². The van der Waals surface area contributed by atoms with Crippen LogP contribution in [-0.4, -0.2) is 38.3 Å². The number of alkyl halides is 3. The number of carbonyl (C=O) groups is 1. The topological polar surface area (TPSA) is 59.6 Å². The van der Waals surface area contributed by atoms with Crippen molar-refractivity contribution in [3.05, 3.63) is 23.8 Å². The van der Waals surface area contributed by atoms with Crippen molar-refractivity contribution >= 4 is 24.0 Å². The Bertz CT molecular complexity index is 660. The number of hydrogen-bond acceptors (Lipinski definition) is 4. The first kappa shape index (κ1) is 22.8. The molecule has 28 heavy (non-hydrogen) atoms. The molecule has 2 atom stereocenters. The summed E-state index contributed by atoms with van der Waals surface area (Å²) in [6.45, 7) is 0.481. The number of ether oxygens (including phenoxy) is 2. The summed E-state index contributed by atoms with van der Waals surface area (Å²) in [5.74, 6) is 0.184. The van der Waals surface area contributed by atoms with Crippen LogP contribution in [0, 0.1) is 5.92 Å². The molecule has 0 aliphatic carbocycles. The molecule has 1 aromatic carbocycles. The highest BCUT2D eigenvalue weighted by Crippen LogP contribution is 2.36. The zero-order chi connectivity index (χ0) is 19.4. The number of carbonyl (C=O) groups excluding carboxylic acids is 1. The molecule has 2 N–H and O–H groups in total. The van der Waals surface area contributed by atoms with E-state index in [4.69, 9.17) is 9.47 Å². The zero-order valence-electron chi connectivity index (χ0n) is 15.7. The predicted octanol–water partition coefficient (Wildman–Crippen LogP) is 4.01. The van der Waals surface area contributed by atoms with Crippen LogP contribution in [0.25, 0.3) is 0 Å². The third-order valence-corrected chi connectivity index (χ3v) is 5.17. The van der Waals surface area contributed by atoms with Crippen LogP contribution < -0.4 is 15.4 Å². The molecule has 2 unspecified atom stereocenters. The van der Waals surface area contributed by atoms with Crippen LogP contribution in [0.1, 0.15) is 37.7 Å². The first-order valence-corrected chi connectivity index (χ1v) is 9.24. The van der Waals surface area contributed by atoms with Gasteiger partial charge in [-0.1, -0.05) is 0 Å². The van der Waals surface area contributed by atoms with Crippen molar-refractivity contribution in [3.63, 3.8) is 0 Å². The van der Waals surface area contributed by atoms with E-state index in [1.54, 1.807) is 0 Å². The van der Waals surface area contributed by atoms with E-state index >= 15 is 0 Å². The summed E-state index contributed by atoms with van der Waals surface area (Å²) in [4.78, 5) is 12.5. The molecule has 3 rings (SSSR count). The minimum atomic E-state index is -4.49. The first-order valence-electron chi connectivity index (χ1n) is 9.24. The van der Waals surface area contributed by atoms with Gasteiger partial charge in [-0.2, -0.15) is 13.2 Å². The van der Waals surface area contributed by atoms with Crippen molar-refractivity contribution in [1.82, 2.24) is 5.32 Å². The molecule has 2 fully saturated rings. The normalized spacial score (nSPS) is 23.8. The van der Waals surface area contributed by atoms with E-state index in [1.807, 2.05) is 0 Å². The molecule has 1 aromatic rings. The van der Waals surface area contributed by atoms with Gasteiger partial charge < -0.3 is 20.1 Å². The van der Waals surface area contributed by atoms with Gasteiger partial charge in [0.2, 0.25) is 5.91 Å². The van der Waals surface area contributed by atoms with Crippen molar-refractivity contribution in [2.75, 3.05) is 25.6 Å². The molecule has 0 spiro atoms. The van der Waals surface area contributed by atoms with Gasteiger partial charge in [0.25, 0.3) is 0 Å². The fraction of sp³-hybridized carbons (Fsp3) is 0.632. The van der Waals surface area contributed by atoms with Gasteiger partial charge >= 0.3 is 6.18 Å². The number of anilines is 1. The van der Waals surface area contributed by atoms with Crippen molar-refractivity contribution < 1.29 is 27.4 Å². The maximum atomic E-state index is 13.0. The summed E-state index contributed by atoms with van der Waals surface area (Å²) in [5.41, 5.74) is -0.778. The SMILES string of the molecule is COCCOc1ccc(C(F)(F)F)cc1NC(=O)CC1CC2CCC(C1)N2.Cl. The van der Waals surface area contributed by atoms with Gasteiger partial charge in [-0.05, 0) is 49.8 Å². The molecular formula is C19H26ClF3N2O3. The van der Waals surface area contributed by atoms with Crippen LogP contribution in [0.15, 0.2) is 18.2 Å². The third-order valence-electron chi connectivity index (χ3n) is 5.17. The van der Waals surface area contributed by atoms with Crippen molar-refractivity contribution in [2.24, 2.45) is 5.92 Å². The van der Waals surface area contributed by atoms with Crippen LogP contribution >= 0.6 is 12.4 Å². The smallest absolute Gasteiger partial charge is 0.416 e. The number of benzene rings is 1. The van der Waals surface area contributed by atoms with Crippen LogP contribution in [0.4, 0.5) is 18.9 Å². The standard InChI is InChI=1S/C19H25F3N2O3.ClH/c1-26-6-7-27-17-5-2-13(19(20,21)22)11-16(17)24-18(25)10-12-8-14-3-4-15(9-12)23-14;/h2,5,11-12,14-15,23H,3-4,6-10H2,1H3,(H,24,25);1H. The highest BCUT2D eigenvalue weighted by Gasteiger charge is 2.35. The molecule has 158 valence electrons. The fourth-order valence-corrected chi connectivity index (χ4v) is 3.97. The van der Waals surface area contributed by atoms with Crippen LogP contribution in [0.2, 0.25) is 0 Å². The van der Waals surface area contributed by atoms with Gasteiger partial charge in [0.1, 0.15) is 12.4 Å². The van der Waals surface area contributed by atoms with Gasteiger partial charge in [-0.25, -0.2) is 0 Å². The number of methoxy groups -OCH3 is 1. The number of piperidine rings is 1. The van der Waals surface area contributed by atoms with Gasteiger partial charge in [0.05, 0.1) is 17.9 Å². The Morgan fingerprint density at radius 2 is 1.89 bits per heavy atom. The third kappa shape index (κ3) is 5.99. The van der Waals surface area contributed by atoms with Crippen molar-refractivity contribution in [2.45, 2.75) is 50.4 Å². The number of nitrogens with one attached hydrogen (secondary N) is 2. The summed E-state index contributed by atoms with van der Waals surface area (Å²) in [7, 11) is 1.50. The Hall–Kier alpha value is -1.51. The summed E-state index contributed by atoms with van der Waals surface area (Å²) < 4.78 is 49.4. The largest absolute Gasteiger partial charge is 0.489 e. The number of amides is 1. The molecular weight excluding hydrogens is 397 g/mol. The van der Waals surface area contributed by atoms with Crippen molar-refractivity contribution in [1.29, 1.82) is 0 Å². The lowest BCUT2D eigenvalue weighted by molar-refractivity contribution is -0.137. The van der Waals surface area contributed by atoms with E-state index in [1.165, 1.54) is 13.2 Å². The highest BCUT2D eigenvalue weighted by molar-refractivity contribution is 5.92. The van der Waals surface area contributed by atoms with Gasteiger partial charge in [0.15, 0.2) is 0 Å². The van der Waals surface area contributed by atoms with Gasteiger partial charge in [-0.15, -0.1) is 12.4 Å². The Labute approximate surface area is 168 Å². The molecule has 9 heteroatoms. The highest BCUT2D eigenvalue weighted by atomic mass is 35.5. The Kier molecular flexibility index (Phi) is 7.97. The van der Waals surface area contributed by atoms with E-state index < -0.39 is 11.7 Å². The molecule has 2 aliphatic rings. The van der Waals surface area contributed by atoms with Crippen LogP contribution in [-0.2, 0) is 15.7 Å². The average Bonchev–Trinajstić information content (AvgIpc) is 2.94. The first-order chi connectivity index (χ1) is 12.8. The second-order valence-electron chi connectivity index (χ2n) is 7.28. The molecule has 0 saturated carbocycles.